The molecule has 4 aromatic rings. The second-order valence-corrected chi connectivity index (χ2v) is 7.09. The number of carbonyl (C=O) groups is 1. The maximum absolute atomic E-state index is 13.1. The normalized spacial score (nSPS) is 11.3. The van der Waals surface area contributed by atoms with Crippen molar-refractivity contribution < 1.29 is 9.32 Å². The maximum atomic E-state index is 13.1. The molecule has 2 aromatic carbocycles. The first-order valence-electron chi connectivity index (χ1n) is 9.34. The van der Waals surface area contributed by atoms with Crippen molar-refractivity contribution in [3.05, 3.63) is 64.9 Å². The number of anilines is 1. The van der Waals surface area contributed by atoms with E-state index in [9.17, 15) is 9.59 Å². The standard InChI is InChI=1S/C21H21N5O3/c1-13(2)26-17-10-9-15(20-22-14(3)29-24-20)11-18(17)25(21(26)28)12-19(27)23-16-7-5-4-6-8-16/h4-11,13H,12H2,1-3H3,(H,23,27). The quantitative estimate of drug-likeness (QED) is 0.563. The molecule has 0 bridgehead atoms. The van der Waals surface area contributed by atoms with Crippen LogP contribution in [0.4, 0.5) is 5.69 Å². The minimum absolute atomic E-state index is 0.0540. The Morgan fingerprint density at radius 1 is 1.14 bits per heavy atom. The number of rotatable bonds is 5. The summed E-state index contributed by atoms with van der Waals surface area (Å²) in [4.78, 5) is 29.9. The lowest BCUT2D eigenvalue weighted by Gasteiger charge is -2.07. The van der Waals surface area contributed by atoms with Gasteiger partial charge in [-0.2, -0.15) is 4.98 Å². The number of hydrogen-bond acceptors (Lipinski definition) is 5. The van der Waals surface area contributed by atoms with Crippen LogP contribution in [-0.4, -0.2) is 25.2 Å². The third-order valence-corrected chi connectivity index (χ3v) is 4.62. The number of nitrogens with zero attached hydrogens (tertiary/aromatic N) is 4. The summed E-state index contributed by atoms with van der Waals surface area (Å²) in [6.07, 6.45) is 0. The highest BCUT2D eigenvalue weighted by atomic mass is 16.5. The smallest absolute Gasteiger partial charge is 0.329 e. The van der Waals surface area contributed by atoms with Crippen LogP contribution in [0.2, 0.25) is 0 Å². The molecule has 4 rings (SSSR count). The average molecular weight is 391 g/mol. The van der Waals surface area contributed by atoms with Gasteiger partial charge < -0.3 is 9.84 Å². The Hall–Kier alpha value is -3.68. The summed E-state index contributed by atoms with van der Waals surface area (Å²) in [5.41, 5.74) is 2.56. The molecule has 0 saturated heterocycles. The SMILES string of the molecule is Cc1nc(-c2ccc3c(c2)n(CC(=O)Nc2ccccc2)c(=O)n3C(C)C)no1. The number of amides is 1. The summed E-state index contributed by atoms with van der Waals surface area (Å²) >= 11 is 0. The molecule has 29 heavy (non-hydrogen) atoms. The van der Waals surface area contributed by atoms with Crippen molar-refractivity contribution in [1.29, 1.82) is 0 Å². The number of aromatic nitrogens is 4. The van der Waals surface area contributed by atoms with E-state index in [0.29, 0.717) is 28.5 Å². The van der Waals surface area contributed by atoms with E-state index < -0.39 is 0 Å². The third kappa shape index (κ3) is 3.56. The first-order chi connectivity index (χ1) is 13.9. The Labute approximate surface area is 166 Å². The molecule has 0 saturated carbocycles. The molecule has 2 heterocycles. The zero-order valence-electron chi connectivity index (χ0n) is 16.4. The zero-order chi connectivity index (χ0) is 20.5. The predicted molar refractivity (Wildman–Crippen MR) is 110 cm³/mol. The lowest BCUT2D eigenvalue weighted by atomic mass is 10.2. The Morgan fingerprint density at radius 2 is 1.90 bits per heavy atom. The van der Waals surface area contributed by atoms with E-state index in [1.54, 1.807) is 23.6 Å². The molecule has 8 heteroatoms. The minimum atomic E-state index is -0.276. The molecule has 8 nitrogen and oxygen atoms in total. The first kappa shape index (κ1) is 18.7. The fourth-order valence-electron chi connectivity index (χ4n) is 3.35. The van der Waals surface area contributed by atoms with Crippen molar-refractivity contribution in [2.75, 3.05) is 5.32 Å². The number of nitrogens with one attached hydrogen (secondary N) is 1. The number of imidazole rings is 1. The highest BCUT2D eigenvalue weighted by Crippen LogP contribution is 2.24. The van der Waals surface area contributed by atoms with Gasteiger partial charge in [0.15, 0.2) is 0 Å². The topological polar surface area (TPSA) is 95.0 Å². The van der Waals surface area contributed by atoms with E-state index in [4.69, 9.17) is 4.52 Å². The van der Waals surface area contributed by atoms with Gasteiger partial charge in [-0.3, -0.25) is 13.9 Å². The van der Waals surface area contributed by atoms with Crippen molar-refractivity contribution in [2.24, 2.45) is 0 Å². The number of para-hydroxylation sites is 1. The van der Waals surface area contributed by atoms with Gasteiger partial charge in [-0.05, 0) is 44.2 Å². The van der Waals surface area contributed by atoms with Crippen molar-refractivity contribution in [2.45, 2.75) is 33.4 Å². The van der Waals surface area contributed by atoms with E-state index in [1.807, 2.05) is 50.2 Å². The van der Waals surface area contributed by atoms with E-state index in [-0.39, 0.29) is 24.2 Å². The van der Waals surface area contributed by atoms with Crippen LogP contribution in [0, 0.1) is 6.92 Å². The van der Waals surface area contributed by atoms with Gasteiger partial charge in [0.2, 0.25) is 17.6 Å². The lowest BCUT2D eigenvalue weighted by molar-refractivity contribution is -0.116. The Kier molecular flexibility index (Phi) is 4.75. The zero-order valence-corrected chi connectivity index (χ0v) is 16.4. The maximum Gasteiger partial charge on any atom is 0.329 e. The molecule has 0 aliphatic rings. The number of benzene rings is 2. The van der Waals surface area contributed by atoms with Crippen LogP contribution in [-0.2, 0) is 11.3 Å². The lowest BCUT2D eigenvalue weighted by Crippen LogP contribution is -2.30. The van der Waals surface area contributed by atoms with Gasteiger partial charge in [0.05, 0.1) is 11.0 Å². The van der Waals surface area contributed by atoms with Crippen molar-refractivity contribution in [3.8, 4) is 11.4 Å². The number of carbonyl (C=O) groups excluding carboxylic acids is 1. The van der Waals surface area contributed by atoms with Gasteiger partial charge in [-0.25, -0.2) is 4.79 Å². The summed E-state index contributed by atoms with van der Waals surface area (Å²) in [5.74, 6) is 0.621. The molecular formula is C21H21N5O3. The van der Waals surface area contributed by atoms with Crippen molar-refractivity contribution >= 4 is 22.6 Å². The van der Waals surface area contributed by atoms with Gasteiger partial charge in [0, 0.05) is 24.2 Å². The number of aryl methyl sites for hydroxylation is 1. The molecule has 0 unspecified atom stereocenters. The molecule has 0 fully saturated rings. The highest BCUT2D eigenvalue weighted by Gasteiger charge is 2.19. The Morgan fingerprint density at radius 3 is 2.55 bits per heavy atom. The minimum Gasteiger partial charge on any atom is -0.339 e. The van der Waals surface area contributed by atoms with Crippen LogP contribution >= 0.6 is 0 Å². The van der Waals surface area contributed by atoms with Crippen LogP contribution in [0.25, 0.3) is 22.4 Å². The van der Waals surface area contributed by atoms with Gasteiger partial charge >= 0.3 is 5.69 Å². The summed E-state index contributed by atoms with van der Waals surface area (Å²) in [6.45, 7) is 5.49. The molecule has 0 aliphatic heterocycles. The molecule has 0 radical (unpaired) electrons. The second kappa shape index (κ2) is 7.38. The predicted octanol–water partition coefficient (Wildman–Crippen LogP) is 3.38. The first-order valence-corrected chi connectivity index (χ1v) is 9.34. The van der Waals surface area contributed by atoms with Gasteiger partial charge in [-0.1, -0.05) is 23.4 Å². The molecular weight excluding hydrogens is 370 g/mol. The molecule has 1 N–H and O–H groups in total. The molecule has 0 aliphatic carbocycles. The van der Waals surface area contributed by atoms with E-state index >= 15 is 0 Å². The number of fused-ring (bicyclic) bond motifs is 1. The highest BCUT2D eigenvalue weighted by molar-refractivity contribution is 5.92. The summed E-state index contributed by atoms with van der Waals surface area (Å²) in [7, 11) is 0. The second-order valence-electron chi connectivity index (χ2n) is 7.09. The van der Waals surface area contributed by atoms with E-state index in [1.165, 1.54) is 4.57 Å². The van der Waals surface area contributed by atoms with Crippen molar-refractivity contribution in [1.82, 2.24) is 19.3 Å². The summed E-state index contributed by atoms with van der Waals surface area (Å²) in [5, 5.41) is 6.77. The van der Waals surface area contributed by atoms with Crippen LogP contribution in [0.5, 0.6) is 0 Å². The molecule has 0 spiro atoms. The fraction of sp³-hybridized carbons (Fsp3) is 0.238. The van der Waals surface area contributed by atoms with Crippen LogP contribution in [0.3, 0.4) is 0 Å². The third-order valence-electron chi connectivity index (χ3n) is 4.62. The van der Waals surface area contributed by atoms with Gasteiger partial charge in [-0.15, -0.1) is 0 Å². The average Bonchev–Trinajstić information content (AvgIpc) is 3.24. The Bertz CT molecular complexity index is 1230. The summed E-state index contributed by atoms with van der Waals surface area (Å²) < 4.78 is 8.21. The van der Waals surface area contributed by atoms with Gasteiger partial charge in [0.25, 0.3) is 0 Å². The van der Waals surface area contributed by atoms with E-state index in [0.717, 1.165) is 5.52 Å². The monoisotopic (exact) mass is 391 g/mol. The molecule has 0 atom stereocenters. The largest absolute Gasteiger partial charge is 0.339 e. The molecule has 148 valence electrons. The van der Waals surface area contributed by atoms with Crippen molar-refractivity contribution in [3.63, 3.8) is 0 Å². The van der Waals surface area contributed by atoms with Crippen LogP contribution in [0.1, 0.15) is 25.8 Å². The molecule has 2 aromatic heterocycles. The fourth-order valence-corrected chi connectivity index (χ4v) is 3.35. The Balaban J connectivity index is 1.77. The van der Waals surface area contributed by atoms with Crippen LogP contribution < -0.4 is 11.0 Å². The number of hydrogen-bond donors (Lipinski definition) is 1. The van der Waals surface area contributed by atoms with Gasteiger partial charge in [0.1, 0.15) is 6.54 Å². The summed E-state index contributed by atoms with van der Waals surface area (Å²) in [6, 6.07) is 14.6. The molecule has 1 amide bonds. The van der Waals surface area contributed by atoms with Crippen LogP contribution in [0.15, 0.2) is 57.8 Å². The van der Waals surface area contributed by atoms with E-state index in [2.05, 4.69) is 15.5 Å².